The van der Waals surface area contributed by atoms with Crippen LogP contribution in [0.2, 0.25) is 0 Å². The highest BCUT2D eigenvalue weighted by Crippen LogP contribution is 1.75. The van der Waals surface area contributed by atoms with Crippen LogP contribution in [0.15, 0.2) is 12.7 Å². The van der Waals surface area contributed by atoms with E-state index >= 15 is 0 Å². The Balaban J connectivity index is 3.57. The van der Waals surface area contributed by atoms with Crippen LogP contribution in [0.25, 0.3) is 0 Å². The highest BCUT2D eigenvalue weighted by atomic mass is 32.1. The molecule has 0 aromatic heterocycles. The first-order chi connectivity index (χ1) is 6.07. The Hall–Kier alpha value is -1.14. The molecule has 0 radical (unpaired) electrons. The summed E-state index contributed by atoms with van der Waals surface area (Å²) in [6.07, 6.45) is 0.569. The Kier molecular flexibility index (Phi) is 5.82. The lowest BCUT2D eigenvalue weighted by molar-refractivity contribution is -0.129. The first-order valence-corrected chi connectivity index (χ1v) is 4.11. The summed E-state index contributed by atoms with van der Waals surface area (Å²) in [5.74, 6) is -0.539. The van der Waals surface area contributed by atoms with Crippen molar-refractivity contribution < 1.29 is 9.90 Å². The molecule has 0 bridgehead atoms. The van der Waals surface area contributed by atoms with E-state index in [1.165, 1.54) is 6.92 Å². The molecule has 0 aliphatic carbocycles. The number of amides is 1. The third-order valence-electron chi connectivity index (χ3n) is 1.09. The monoisotopic (exact) mass is 203 g/mol. The summed E-state index contributed by atoms with van der Waals surface area (Å²) in [4.78, 5) is 10.8. The highest BCUT2D eigenvalue weighted by Gasteiger charge is 2.07. The maximum Gasteiger partial charge on any atom is 0.266 e. The lowest BCUT2D eigenvalue weighted by Gasteiger charge is -2.10. The minimum Gasteiger partial charge on any atom is -0.383 e. The Bertz CT molecular complexity index is 206. The van der Waals surface area contributed by atoms with E-state index < -0.39 is 12.0 Å². The van der Waals surface area contributed by atoms with Gasteiger partial charge in [0.05, 0.1) is 0 Å². The molecule has 0 aliphatic rings. The standard InChI is InChI=1S/C7H13N3O2S/c1-3-4-8-7(13)10-9-6(12)5(2)11/h3,5,11H,1,4H2,2H3,(H,9,12)(H2,8,10,13)/t5-/m1/s1. The summed E-state index contributed by atoms with van der Waals surface area (Å²) in [5.41, 5.74) is 4.63. The molecule has 74 valence electrons. The Labute approximate surface area is 82.2 Å². The third kappa shape index (κ3) is 6.06. The molecule has 13 heavy (non-hydrogen) atoms. The van der Waals surface area contributed by atoms with Gasteiger partial charge in [0, 0.05) is 6.54 Å². The van der Waals surface area contributed by atoms with Crippen molar-refractivity contribution in [2.45, 2.75) is 13.0 Å². The zero-order valence-corrected chi connectivity index (χ0v) is 8.15. The van der Waals surface area contributed by atoms with Crippen molar-refractivity contribution in [3.05, 3.63) is 12.7 Å². The molecule has 0 aliphatic heterocycles. The molecule has 1 atom stereocenters. The van der Waals surface area contributed by atoms with Crippen LogP contribution in [0, 0.1) is 0 Å². The van der Waals surface area contributed by atoms with Gasteiger partial charge in [-0.05, 0) is 19.1 Å². The number of aliphatic hydroxyl groups excluding tert-OH is 1. The van der Waals surface area contributed by atoms with Gasteiger partial charge in [-0.1, -0.05) is 6.08 Å². The average Bonchev–Trinajstić information content (AvgIpc) is 2.10. The quantitative estimate of drug-likeness (QED) is 0.270. The van der Waals surface area contributed by atoms with E-state index in [-0.39, 0.29) is 5.11 Å². The molecule has 0 rings (SSSR count). The molecule has 1 amide bonds. The van der Waals surface area contributed by atoms with E-state index in [1.54, 1.807) is 6.08 Å². The van der Waals surface area contributed by atoms with Crippen molar-refractivity contribution in [3.63, 3.8) is 0 Å². The molecule has 0 aromatic rings. The molecule has 0 fully saturated rings. The number of hydrazine groups is 1. The maximum absolute atomic E-state index is 10.8. The van der Waals surface area contributed by atoms with E-state index in [2.05, 4.69) is 22.7 Å². The van der Waals surface area contributed by atoms with Crippen LogP contribution in [0.4, 0.5) is 0 Å². The minimum atomic E-state index is -1.06. The second kappa shape index (κ2) is 6.38. The predicted octanol–water partition coefficient (Wildman–Crippen LogP) is -0.951. The van der Waals surface area contributed by atoms with Crippen molar-refractivity contribution in [2.24, 2.45) is 0 Å². The number of carbonyl (C=O) groups is 1. The van der Waals surface area contributed by atoms with E-state index in [1.807, 2.05) is 0 Å². The van der Waals surface area contributed by atoms with Crippen molar-refractivity contribution in [1.29, 1.82) is 0 Å². The summed E-state index contributed by atoms with van der Waals surface area (Å²) in [5, 5.41) is 11.8. The van der Waals surface area contributed by atoms with Gasteiger partial charge in [0.2, 0.25) is 0 Å². The molecule has 0 spiro atoms. The molecule has 0 unspecified atom stereocenters. The number of hydrogen-bond acceptors (Lipinski definition) is 3. The van der Waals surface area contributed by atoms with Gasteiger partial charge >= 0.3 is 0 Å². The van der Waals surface area contributed by atoms with E-state index in [0.717, 1.165) is 0 Å². The van der Waals surface area contributed by atoms with Gasteiger partial charge < -0.3 is 10.4 Å². The molecular weight excluding hydrogens is 190 g/mol. The van der Waals surface area contributed by atoms with E-state index in [4.69, 9.17) is 17.3 Å². The first kappa shape index (κ1) is 11.9. The second-order valence-corrected chi connectivity index (χ2v) is 2.70. The largest absolute Gasteiger partial charge is 0.383 e. The lowest BCUT2D eigenvalue weighted by atomic mass is 10.4. The van der Waals surface area contributed by atoms with Crippen LogP contribution in [0.3, 0.4) is 0 Å². The smallest absolute Gasteiger partial charge is 0.266 e. The molecule has 0 saturated heterocycles. The summed E-state index contributed by atoms with van der Waals surface area (Å²) in [6.45, 7) is 5.35. The molecule has 6 heteroatoms. The fourth-order valence-corrected chi connectivity index (χ4v) is 0.566. The van der Waals surface area contributed by atoms with Gasteiger partial charge in [-0.15, -0.1) is 6.58 Å². The number of rotatable bonds is 3. The number of nitrogens with one attached hydrogen (secondary N) is 3. The maximum atomic E-state index is 10.8. The van der Waals surface area contributed by atoms with Gasteiger partial charge in [0.25, 0.3) is 5.91 Å². The van der Waals surface area contributed by atoms with Crippen LogP contribution in [0.5, 0.6) is 0 Å². The molecule has 0 aromatic carbocycles. The first-order valence-electron chi connectivity index (χ1n) is 3.70. The Morgan fingerprint density at radius 1 is 1.69 bits per heavy atom. The van der Waals surface area contributed by atoms with Gasteiger partial charge in [0.15, 0.2) is 5.11 Å². The fraction of sp³-hybridized carbons (Fsp3) is 0.429. The SMILES string of the molecule is C=CCNC(=S)NNC(=O)[C@@H](C)O. The third-order valence-corrected chi connectivity index (χ3v) is 1.33. The van der Waals surface area contributed by atoms with Crippen LogP contribution in [-0.4, -0.2) is 28.8 Å². The summed E-state index contributed by atoms with van der Waals surface area (Å²) >= 11 is 4.76. The molecule has 5 nitrogen and oxygen atoms in total. The zero-order chi connectivity index (χ0) is 10.3. The minimum absolute atomic E-state index is 0.272. The van der Waals surface area contributed by atoms with Gasteiger partial charge in [-0.25, -0.2) is 0 Å². The van der Waals surface area contributed by atoms with Crippen LogP contribution >= 0.6 is 12.2 Å². The number of carbonyl (C=O) groups excluding carboxylic acids is 1. The highest BCUT2D eigenvalue weighted by molar-refractivity contribution is 7.80. The molecule has 0 heterocycles. The van der Waals surface area contributed by atoms with Crippen LogP contribution in [-0.2, 0) is 4.79 Å². The molecule has 0 saturated carbocycles. The Morgan fingerprint density at radius 3 is 2.77 bits per heavy atom. The molecular formula is C7H13N3O2S. The van der Waals surface area contributed by atoms with Crippen molar-refractivity contribution in [2.75, 3.05) is 6.54 Å². The predicted molar refractivity (Wildman–Crippen MR) is 53.8 cm³/mol. The van der Waals surface area contributed by atoms with E-state index in [0.29, 0.717) is 6.54 Å². The van der Waals surface area contributed by atoms with Crippen molar-refractivity contribution in [1.82, 2.24) is 16.2 Å². The van der Waals surface area contributed by atoms with Gasteiger partial charge in [0.1, 0.15) is 6.10 Å². The van der Waals surface area contributed by atoms with Gasteiger partial charge in [-0.3, -0.25) is 15.6 Å². The summed E-state index contributed by atoms with van der Waals surface area (Å²) in [7, 11) is 0. The number of aliphatic hydroxyl groups is 1. The van der Waals surface area contributed by atoms with Crippen LogP contribution in [0.1, 0.15) is 6.92 Å². The Morgan fingerprint density at radius 2 is 2.31 bits per heavy atom. The second-order valence-electron chi connectivity index (χ2n) is 2.29. The normalized spacial score (nSPS) is 11.2. The fourth-order valence-electron chi connectivity index (χ4n) is 0.432. The number of thiocarbonyl (C=S) groups is 1. The zero-order valence-electron chi connectivity index (χ0n) is 7.33. The summed E-state index contributed by atoms with van der Waals surface area (Å²) < 4.78 is 0. The molecule has 4 N–H and O–H groups in total. The lowest BCUT2D eigenvalue weighted by Crippen LogP contribution is -2.49. The van der Waals surface area contributed by atoms with Crippen molar-refractivity contribution >= 4 is 23.2 Å². The van der Waals surface area contributed by atoms with Gasteiger partial charge in [-0.2, -0.15) is 0 Å². The van der Waals surface area contributed by atoms with E-state index in [9.17, 15) is 4.79 Å². The number of hydrogen-bond donors (Lipinski definition) is 4. The van der Waals surface area contributed by atoms with Crippen LogP contribution < -0.4 is 16.2 Å². The summed E-state index contributed by atoms with van der Waals surface area (Å²) in [6, 6.07) is 0. The average molecular weight is 203 g/mol. The topological polar surface area (TPSA) is 73.4 Å². The van der Waals surface area contributed by atoms with Crippen molar-refractivity contribution in [3.8, 4) is 0 Å².